The molecule has 2 aliphatic heterocycles. The molecule has 3 amide bonds. The number of hydrogen-bond donors (Lipinski definition) is 1. The first-order valence-corrected chi connectivity index (χ1v) is 10.4. The predicted octanol–water partition coefficient (Wildman–Crippen LogP) is 3.31. The fourth-order valence-corrected chi connectivity index (χ4v) is 4.62. The van der Waals surface area contributed by atoms with Crippen LogP contribution in [-0.2, 0) is 9.59 Å². The molecular weight excluding hydrogens is 398 g/mol. The van der Waals surface area contributed by atoms with E-state index in [9.17, 15) is 14.4 Å². The van der Waals surface area contributed by atoms with Gasteiger partial charge in [0.25, 0.3) is 5.91 Å². The Morgan fingerprint density at radius 2 is 1.79 bits per heavy atom. The first kappa shape index (κ1) is 19.0. The lowest BCUT2D eigenvalue weighted by Crippen LogP contribution is -2.30. The molecular formula is C20H20ClN3O3S. The van der Waals surface area contributed by atoms with Crippen LogP contribution in [0.4, 0.5) is 11.4 Å². The quantitative estimate of drug-likeness (QED) is 0.811. The van der Waals surface area contributed by atoms with Crippen LogP contribution in [0, 0.1) is 5.92 Å². The van der Waals surface area contributed by atoms with Gasteiger partial charge in [-0.05, 0) is 42.8 Å². The van der Waals surface area contributed by atoms with Crippen molar-refractivity contribution in [2.45, 2.75) is 19.3 Å². The Morgan fingerprint density at radius 1 is 1.07 bits per heavy atom. The Bertz CT molecular complexity index is 912. The number of hydrogen-bond acceptors (Lipinski definition) is 4. The van der Waals surface area contributed by atoms with Gasteiger partial charge < -0.3 is 15.1 Å². The molecule has 28 heavy (non-hydrogen) atoms. The number of amides is 3. The largest absolute Gasteiger partial charge is 0.351 e. The molecule has 1 aromatic carbocycles. The zero-order valence-corrected chi connectivity index (χ0v) is 16.8. The number of benzene rings is 1. The van der Waals surface area contributed by atoms with Crippen LogP contribution in [0.3, 0.4) is 0 Å². The fourth-order valence-electron chi connectivity index (χ4n) is 3.66. The molecule has 0 saturated carbocycles. The summed E-state index contributed by atoms with van der Waals surface area (Å²) in [6.07, 6.45) is 1.88. The molecule has 0 spiro atoms. The molecule has 3 heterocycles. The van der Waals surface area contributed by atoms with Gasteiger partial charge in [-0.15, -0.1) is 11.3 Å². The van der Waals surface area contributed by atoms with E-state index in [1.807, 2.05) is 24.3 Å². The van der Waals surface area contributed by atoms with Gasteiger partial charge in [-0.3, -0.25) is 14.4 Å². The highest BCUT2D eigenvalue weighted by molar-refractivity contribution is 7.18. The Kier molecular flexibility index (Phi) is 5.37. The van der Waals surface area contributed by atoms with Crippen LogP contribution in [-0.4, -0.2) is 37.4 Å². The summed E-state index contributed by atoms with van der Waals surface area (Å²) in [6, 6.07) is 10.9. The van der Waals surface area contributed by atoms with Crippen molar-refractivity contribution in [2.75, 3.05) is 29.4 Å². The van der Waals surface area contributed by atoms with Crippen LogP contribution in [0.25, 0.3) is 0 Å². The molecule has 146 valence electrons. The monoisotopic (exact) mass is 417 g/mol. The first-order chi connectivity index (χ1) is 13.5. The Morgan fingerprint density at radius 3 is 2.39 bits per heavy atom. The Labute approximate surface area is 172 Å². The van der Waals surface area contributed by atoms with Gasteiger partial charge in [0.2, 0.25) is 11.8 Å². The summed E-state index contributed by atoms with van der Waals surface area (Å²) >= 11 is 7.10. The van der Waals surface area contributed by atoms with E-state index >= 15 is 0 Å². The van der Waals surface area contributed by atoms with Gasteiger partial charge in [-0.1, -0.05) is 11.6 Å². The normalized spacial score (nSPS) is 19.5. The molecule has 1 atom stereocenters. The van der Waals surface area contributed by atoms with Crippen LogP contribution < -0.4 is 15.1 Å². The van der Waals surface area contributed by atoms with E-state index in [-0.39, 0.29) is 23.6 Å². The average Bonchev–Trinajstić information content (AvgIpc) is 3.40. The van der Waals surface area contributed by atoms with Crippen LogP contribution in [0.15, 0.2) is 36.4 Å². The number of rotatable bonds is 5. The van der Waals surface area contributed by atoms with Gasteiger partial charge in [0.1, 0.15) is 0 Å². The van der Waals surface area contributed by atoms with Crippen molar-refractivity contribution in [2.24, 2.45) is 5.92 Å². The number of halogens is 1. The summed E-state index contributed by atoms with van der Waals surface area (Å²) in [7, 11) is 0. The van der Waals surface area contributed by atoms with Crippen molar-refractivity contribution < 1.29 is 14.4 Å². The van der Waals surface area contributed by atoms with E-state index < -0.39 is 0 Å². The molecule has 8 heteroatoms. The van der Waals surface area contributed by atoms with Crippen molar-refractivity contribution in [3.63, 3.8) is 0 Å². The third-order valence-electron chi connectivity index (χ3n) is 5.10. The third-order valence-corrected chi connectivity index (χ3v) is 6.33. The maximum atomic E-state index is 12.4. The lowest BCUT2D eigenvalue weighted by molar-refractivity contribution is -0.118. The van der Waals surface area contributed by atoms with E-state index in [1.165, 1.54) is 11.3 Å². The minimum Gasteiger partial charge on any atom is -0.351 e. The van der Waals surface area contributed by atoms with E-state index in [0.717, 1.165) is 24.3 Å². The second-order valence-corrected chi connectivity index (χ2v) is 8.77. The van der Waals surface area contributed by atoms with Gasteiger partial charge in [0.05, 0.1) is 9.21 Å². The van der Waals surface area contributed by atoms with Crippen molar-refractivity contribution in [3.8, 4) is 0 Å². The number of carbonyl (C=O) groups excluding carboxylic acids is 3. The zero-order valence-electron chi connectivity index (χ0n) is 15.2. The molecule has 0 bridgehead atoms. The SMILES string of the molecule is O=C(NCC1CC(=O)N(c2ccc(N3CCCC3=O)cc2)C1)c1ccc(Cl)s1. The highest BCUT2D eigenvalue weighted by Crippen LogP contribution is 2.29. The summed E-state index contributed by atoms with van der Waals surface area (Å²) < 4.78 is 0.575. The molecule has 2 fully saturated rings. The maximum absolute atomic E-state index is 12.4. The summed E-state index contributed by atoms with van der Waals surface area (Å²) in [5.41, 5.74) is 1.69. The molecule has 0 radical (unpaired) electrons. The van der Waals surface area contributed by atoms with Crippen molar-refractivity contribution in [3.05, 3.63) is 45.6 Å². The Balaban J connectivity index is 1.35. The highest BCUT2D eigenvalue weighted by atomic mass is 35.5. The van der Waals surface area contributed by atoms with E-state index in [0.29, 0.717) is 35.1 Å². The maximum Gasteiger partial charge on any atom is 0.261 e. The highest BCUT2D eigenvalue weighted by Gasteiger charge is 2.31. The van der Waals surface area contributed by atoms with Crippen LogP contribution in [0.1, 0.15) is 28.9 Å². The molecule has 4 rings (SSSR count). The van der Waals surface area contributed by atoms with E-state index in [2.05, 4.69) is 5.32 Å². The minimum atomic E-state index is -0.164. The van der Waals surface area contributed by atoms with Gasteiger partial charge in [0, 0.05) is 49.8 Å². The van der Waals surface area contributed by atoms with Crippen molar-refractivity contribution >= 4 is 52.0 Å². The second kappa shape index (κ2) is 7.93. The molecule has 2 aliphatic rings. The van der Waals surface area contributed by atoms with Crippen molar-refractivity contribution in [1.29, 1.82) is 0 Å². The first-order valence-electron chi connectivity index (χ1n) is 9.25. The third kappa shape index (κ3) is 3.91. The summed E-state index contributed by atoms with van der Waals surface area (Å²) in [6.45, 7) is 1.75. The molecule has 1 unspecified atom stereocenters. The number of anilines is 2. The molecule has 1 aromatic heterocycles. The van der Waals surface area contributed by atoms with Gasteiger partial charge >= 0.3 is 0 Å². The fraction of sp³-hybridized carbons (Fsp3) is 0.350. The molecule has 2 aromatic rings. The molecule has 6 nitrogen and oxygen atoms in total. The summed E-state index contributed by atoms with van der Waals surface area (Å²) in [4.78, 5) is 40.5. The van der Waals surface area contributed by atoms with Crippen LogP contribution >= 0.6 is 22.9 Å². The lowest BCUT2D eigenvalue weighted by Gasteiger charge is -2.20. The van der Waals surface area contributed by atoms with Gasteiger partial charge in [0.15, 0.2) is 0 Å². The van der Waals surface area contributed by atoms with Crippen molar-refractivity contribution in [1.82, 2.24) is 5.32 Å². The lowest BCUT2D eigenvalue weighted by atomic mass is 10.1. The van der Waals surface area contributed by atoms with Crippen LogP contribution in [0.2, 0.25) is 4.34 Å². The van der Waals surface area contributed by atoms with Gasteiger partial charge in [-0.25, -0.2) is 0 Å². The van der Waals surface area contributed by atoms with E-state index in [1.54, 1.807) is 21.9 Å². The number of nitrogens with zero attached hydrogens (tertiary/aromatic N) is 2. The topological polar surface area (TPSA) is 69.7 Å². The second-order valence-electron chi connectivity index (χ2n) is 7.05. The molecule has 1 N–H and O–H groups in total. The molecule has 2 saturated heterocycles. The number of nitrogens with one attached hydrogen (secondary N) is 1. The summed E-state index contributed by atoms with van der Waals surface area (Å²) in [5.74, 6) is 0.0883. The average molecular weight is 418 g/mol. The standard InChI is InChI=1S/C20H20ClN3O3S/c21-17-8-7-16(28-17)20(27)22-11-13-10-19(26)24(12-13)15-5-3-14(4-6-15)23-9-1-2-18(23)25/h3-8,13H,1-2,9-12H2,(H,22,27). The minimum absolute atomic E-state index is 0.0448. The van der Waals surface area contributed by atoms with Crippen LogP contribution in [0.5, 0.6) is 0 Å². The number of thiophene rings is 1. The predicted molar refractivity (Wildman–Crippen MR) is 110 cm³/mol. The summed E-state index contributed by atoms with van der Waals surface area (Å²) in [5, 5.41) is 2.89. The van der Waals surface area contributed by atoms with E-state index in [4.69, 9.17) is 11.6 Å². The molecule has 0 aliphatic carbocycles. The number of carbonyl (C=O) groups is 3. The van der Waals surface area contributed by atoms with Gasteiger partial charge in [-0.2, -0.15) is 0 Å². The smallest absolute Gasteiger partial charge is 0.261 e. The zero-order chi connectivity index (χ0) is 19.7. The Hall–Kier alpha value is -2.38.